The molecule has 1 saturated heterocycles. The summed E-state index contributed by atoms with van der Waals surface area (Å²) in [6, 6.07) is 2.48. The molecule has 1 aliphatic carbocycles. The number of thiophene rings is 1. The molecule has 2 fully saturated rings. The van der Waals surface area contributed by atoms with E-state index in [1.807, 2.05) is 4.90 Å². The second kappa shape index (κ2) is 7.84. The Balaban J connectivity index is 1.34. The maximum Gasteiger partial charge on any atom is 0.233 e. The van der Waals surface area contributed by atoms with Crippen LogP contribution in [0.4, 0.5) is 0 Å². The van der Waals surface area contributed by atoms with Crippen molar-refractivity contribution in [3.63, 3.8) is 0 Å². The number of thioether (sulfide) groups is 1. The van der Waals surface area contributed by atoms with Crippen LogP contribution >= 0.6 is 23.1 Å². The Kier molecular flexibility index (Phi) is 5.33. The monoisotopic (exact) mass is 379 g/mol. The van der Waals surface area contributed by atoms with Crippen LogP contribution in [0.25, 0.3) is 0 Å². The second-order valence-corrected chi connectivity index (χ2v) is 8.17. The van der Waals surface area contributed by atoms with Gasteiger partial charge >= 0.3 is 0 Å². The molecule has 3 heterocycles. The SMILES string of the molecule is O=C(CSc1nnnn1C[C@H]1CCCO1)N(Cc1ccsc1)C1CC1. The minimum absolute atomic E-state index is 0.158. The Morgan fingerprint density at radius 3 is 3.08 bits per heavy atom. The normalized spacial score (nSPS) is 20.1. The Labute approximate surface area is 154 Å². The zero-order valence-electron chi connectivity index (χ0n) is 13.9. The van der Waals surface area contributed by atoms with Gasteiger partial charge in [-0.1, -0.05) is 11.8 Å². The fourth-order valence-corrected chi connectivity index (χ4v) is 4.42. The summed E-state index contributed by atoms with van der Waals surface area (Å²) in [7, 11) is 0. The largest absolute Gasteiger partial charge is 0.376 e. The zero-order chi connectivity index (χ0) is 17.1. The minimum Gasteiger partial charge on any atom is -0.376 e. The number of hydrogen-bond donors (Lipinski definition) is 0. The van der Waals surface area contributed by atoms with E-state index >= 15 is 0 Å². The lowest BCUT2D eigenvalue weighted by Crippen LogP contribution is -2.33. The molecule has 9 heteroatoms. The third-order valence-electron chi connectivity index (χ3n) is 4.47. The molecular formula is C16H21N5O2S2. The average molecular weight is 380 g/mol. The molecule has 25 heavy (non-hydrogen) atoms. The summed E-state index contributed by atoms with van der Waals surface area (Å²) in [6.45, 7) is 2.17. The molecule has 2 aromatic rings. The summed E-state index contributed by atoms with van der Waals surface area (Å²) in [5.41, 5.74) is 1.21. The maximum atomic E-state index is 12.7. The highest BCUT2D eigenvalue weighted by atomic mass is 32.2. The standard InChI is InChI=1S/C16H21N5O2S2/c22-15(20(13-3-4-13)8-12-5-7-24-10-12)11-25-16-17-18-19-21(16)9-14-2-1-6-23-14/h5,7,10,13-14H,1-4,6,8-9,11H2/t14-/m1/s1. The molecule has 7 nitrogen and oxygen atoms in total. The van der Waals surface area contributed by atoms with Crippen LogP contribution in [0.3, 0.4) is 0 Å². The van der Waals surface area contributed by atoms with E-state index in [0.717, 1.165) is 32.3 Å². The van der Waals surface area contributed by atoms with Gasteiger partial charge in [-0.2, -0.15) is 11.3 Å². The quantitative estimate of drug-likeness (QED) is 0.655. The molecule has 1 atom stereocenters. The third kappa shape index (κ3) is 4.39. The molecule has 1 aliphatic heterocycles. The zero-order valence-corrected chi connectivity index (χ0v) is 15.5. The fraction of sp³-hybridized carbons (Fsp3) is 0.625. The number of hydrogen-bond acceptors (Lipinski definition) is 7. The van der Waals surface area contributed by atoms with Gasteiger partial charge in [-0.3, -0.25) is 4.79 Å². The Hall–Kier alpha value is -1.45. The molecule has 1 saturated carbocycles. The highest BCUT2D eigenvalue weighted by Gasteiger charge is 2.32. The average Bonchev–Trinajstić information content (AvgIpc) is 3.04. The number of nitrogens with zero attached hydrogens (tertiary/aromatic N) is 5. The van der Waals surface area contributed by atoms with E-state index in [1.54, 1.807) is 16.0 Å². The van der Waals surface area contributed by atoms with E-state index in [1.165, 1.54) is 17.3 Å². The minimum atomic E-state index is 0.158. The van der Waals surface area contributed by atoms with Crippen molar-refractivity contribution in [3.8, 4) is 0 Å². The van der Waals surface area contributed by atoms with Crippen molar-refractivity contribution in [2.24, 2.45) is 0 Å². The molecule has 134 valence electrons. The Morgan fingerprint density at radius 2 is 2.36 bits per heavy atom. The summed E-state index contributed by atoms with van der Waals surface area (Å²) >= 11 is 3.08. The van der Waals surface area contributed by atoms with E-state index in [4.69, 9.17) is 4.74 Å². The first-order chi connectivity index (χ1) is 12.3. The molecule has 0 bridgehead atoms. The number of carbonyl (C=O) groups excluding carboxylic acids is 1. The van der Waals surface area contributed by atoms with Crippen LogP contribution in [-0.4, -0.2) is 55.5 Å². The van der Waals surface area contributed by atoms with Crippen LogP contribution in [0.2, 0.25) is 0 Å². The lowest BCUT2D eigenvalue weighted by atomic mass is 10.2. The first-order valence-electron chi connectivity index (χ1n) is 8.60. The van der Waals surface area contributed by atoms with Crippen LogP contribution < -0.4 is 0 Å². The van der Waals surface area contributed by atoms with Crippen molar-refractivity contribution in [2.75, 3.05) is 12.4 Å². The van der Waals surface area contributed by atoms with E-state index in [2.05, 4.69) is 32.4 Å². The summed E-state index contributed by atoms with van der Waals surface area (Å²) in [5, 5.41) is 16.7. The van der Waals surface area contributed by atoms with Crippen molar-refractivity contribution in [3.05, 3.63) is 22.4 Å². The molecule has 0 N–H and O–H groups in total. The highest BCUT2D eigenvalue weighted by Crippen LogP contribution is 2.30. The molecule has 1 amide bonds. The van der Waals surface area contributed by atoms with Crippen molar-refractivity contribution in [1.29, 1.82) is 0 Å². The van der Waals surface area contributed by atoms with Gasteiger partial charge < -0.3 is 9.64 Å². The smallest absolute Gasteiger partial charge is 0.233 e. The van der Waals surface area contributed by atoms with E-state index in [-0.39, 0.29) is 12.0 Å². The molecule has 0 radical (unpaired) electrons. The second-order valence-electron chi connectivity index (χ2n) is 6.45. The van der Waals surface area contributed by atoms with E-state index < -0.39 is 0 Å². The van der Waals surface area contributed by atoms with Gasteiger partial charge in [0.1, 0.15) is 0 Å². The van der Waals surface area contributed by atoms with E-state index in [0.29, 0.717) is 30.0 Å². The number of amides is 1. The molecule has 0 unspecified atom stereocenters. The fourth-order valence-electron chi connectivity index (χ4n) is 2.99. The van der Waals surface area contributed by atoms with Gasteiger partial charge in [0.25, 0.3) is 0 Å². The predicted octanol–water partition coefficient (Wildman–Crippen LogP) is 2.20. The van der Waals surface area contributed by atoms with Gasteiger partial charge in [-0.05, 0) is 58.5 Å². The van der Waals surface area contributed by atoms with Crippen molar-refractivity contribution in [2.45, 2.75) is 56.1 Å². The lowest BCUT2D eigenvalue weighted by molar-refractivity contribution is -0.129. The van der Waals surface area contributed by atoms with Crippen molar-refractivity contribution < 1.29 is 9.53 Å². The number of ether oxygens (including phenoxy) is 1. The topological polar surface area (TPSA) is 73.1 Å². The first kappa shape index (κ1) is 17.0. The molecular weight excluding hydrogens is 358 g/mol. The van der Waals surface area contributed by atoms with E-state index in [9.17, 15) is 4.79 Å². The summed E-state index contributed by atoms with van der Waals surface area (Å²) in [6.07, 6.45) is 4.53. The third-order valence-corrected chi connectivity index (χ3v) is 6.14. The van der Waals surface area contributed by atoms with Crippen LogP contribution in [0.15, 0.2) is 22.0 Å². The van der Waals surface area contributed by atoms with Crippen LogP contribution in [-0.2, 0) is 22.6 Å². The number of rotatable bonds is 8. The summed E-state index contributed by atoms with van der Waals surface area (Å²) in [4.78, 5) is 14.7. The van der Waals surface area contributed by atoms with Crippen LogP contribution in [0.5, 0.6) is 0 Å². The van der Waals surface area contributed by atoms with Gasteiger partial charge in [0.2, 0.25) is 11.1 Å². The molecule has 0 spiro atoms. The predicted molar refractivity (Wildman–Crippen MR) is 95.4 cm³/mol. The van der Waals surface area contributed by atoms with Crippen molar-refractivity contribution >= 4 is 29.0 Å². The number of carbonyl (C=O) groups is 1. The van der Waals surface area contributed by atoms with Gasteiger partial charge in [-0.25, -0.2) is 4.68 Å². The lowest BCUT2D eigenvalue weighted by Gasteiger charge is -2.21. The summed E-state index contributed by atoms with van der Waals surface area (Å²) in [5.74, 6) is 0.525. The molecule has 4 rings (SSSR count). The van der Waals surface area contributed by atoms with Crippen LogP contribution in [0.1, 0.15) is 31.2 Å². The maximum absolute atomic E-state index is 12.7. The number of tetrazole rings is 1. The van der Waals surface area contributed by atoms with Gasteiger partial charge in [-0.15, -0.1) is 5.10 Å². The van der Waals surface area contributed by atoms with Crippen molar-refractivity contribution in [1.82, 2.24) is 25.1 Å². The van der Waals surface area contributed by atoms with Gasteiger partial charge in [0.05, 0.1) is 18.4 Å². The van der Waals surface area contributed by atoms with Crippen LogP contribution in [0, 0.1) is 0 Å². The first-order valence-corrected chi connectivity index (χ1v) is 10.5. The number of aromatic nitrogens is 4. The van der Waals surface area contributed by atoms with Gasteiger partial charge in [0.15, 0.2) is 0 Å². The Bertz CT molecular complexity index is 695. The molecule has 0 aromatic carbocycles. The Morgan fingerprint density at radius 1 is 1.44 bits per heavy atom. The molecule has 2 aliphatic rings. The highest BCUT2D eigenvalue weighted by molar-refractivity contribution is 7.99. The molecule has 2 aromatic heterocycles. The summed E-state index contributed by atoms with van der Waals surface area (Å²) < 4.78 is 7.40. The van der Waals surface area contributed by atoms with Gasteiger partial charge in [0, 0.05) is 19.2 Å².